The van der Waals surface area contributed by atoms with E-state index in [0.29, 0.717) is 37.4 Å². The van der Waals surface area contributed by atoms with Crippen molar-refractivity contribution in [2.75, 3.05) is 6.54 Å². The second-order valence-electron chi connectivity index (χ2n) is 6.42. The van der Waals surface area contributed by atoms with Gasteiger partial charge in [-0.05, 0) is 31.2 Å². The first-order valence-electron chi connectivity index (χ1n) is 8.43. The summed E-state index contributed by atoms with van der Waals surface area (Å²) in [5, 5.41) is 13.6. The Balaban J connectivity index is 1.88. The fourth-order valence-corrected chi connectivity index (χ4v) is 2.60. The number of benzene rings is 1. The van der Waals surface area contributed by atoms with Crippen LogP contribution in [0, 0.1) is 16.0 Å². The van der Waals surface area contributed by atoms with Crippen LogP contribution in [0.2, 0.25) is 0 Å². The van der Waals surface area contributed by atoms with Crippen LogP contribution in [0.3, 0.4) is 0 Å². The number of oxazole rings is 1. The number of nitrogens with one attached hydrogen (secondary N) is 1. The first kappa shape index (κ1) is 18.7. The number of carbonyl (C=O) groups excluding carboxylic acids is 1. The molecule has 1 aromatic carbocycles. The van der Waals surface area contributed by atoms with Crippen molar-refractivity contribution in [2.45, 2.75) is 46.1 Å². The summed E-state index contributed by atoms with van der Waals surface area (Å²) in [4.78, 5) is 33.9. The Bertz CT molecular complexity index is 806. The molecule has 1 N–H and O–H groups in total. The Morgan fingerprint density at radius 1 is 1.36 bits per heavy atom. The normalized spacial score (nSPS) is 11.2. The van der Waals surface area contributed by atoms with Gasteiger partial charge in [-0.25, -0.2) is 4.79 Å². The third kappa shape index (κ3) is 5.17. The molecule has 0 aliphatic heterocycles. The summed E-state index contributed by atoms with van der Waals surface area (Å²) in [6.45, 7) is 5.27. The van der Waals surface area contributed by atoms with E-state index in [9.17, 15) is 19.7 Å². The average molecular weight is 349 g/mol. The lowest BCUT2D eigenvalue weighted by Crippen LogP contribution is -2.25. The van der Waals surface area contributed by atoms with Gasteiger partial charge in [0.25, 0.3) is 5.69 Å². The lowest BCUT2D eigenvalue weighted by Gasteiger charge is -2.07. The Labute approximate surface area is 145 Å². The minimum absolute atomic E-state index is 0.0414. The maximum absolute atomic E-state index is 11.9. The second kappa shape index (κ2) is 8.46. The van der Waals surface area contributed by atoms with E-state index in [1.807, 2.05) is 0 Å². The van der Waals surface area contributed by atoms with Crippen LogP contribution in [0.25, 0.3) is 11.1 Å². The number of fused-ring (bicyclic) bond motifs is 1. The van der Waals surface area contributed by atoms with Gasteiger partial charge < -0.3 is 9.73 Å². The third-order valence-electron chi connectivity index (χ3n) is 3.93. The first-order chi connectivity index (χ1) is 11.9. The van der Waals surface area contributed by atoms with Crippen LogP contribution in [-0.4, -0.2) is 21.9 Å². The number of carbonyl (C=O) groups is 1. The zero-order valence-corrected chi connectivity index (χ0v) is 14.5. The highest BCUT2D eigenvalue weighted by molar-refractivity contribution is 5.76. The summed E-state index contributed by atoms with van der Waals surface area (Å²) in [5.74, 6) is 0.00190. The number of amides is 1. The minimum Gasteiger partial charge on any atom is -0.407 e. The highest BCUT2D eigenvalue weighted by Crippen LogP contribution is 2.20. The van der Waals surface area contributed by atoms with Crippen LogP contribution in [0.1, 0.15) is 39.5 Å². The highest BCUT2D eigenvalue weighted by Gasteiger charge is 2.14. The quantitative estimate of drug-likeness (QED) is 0.425. The Morgan fingerprint density at radius 3 is 2.80 bits per heavy atom. The van der Waals surface area contributed by atoms with Crippen molar-refractivity contribution in [1.29, 1.82) is 0 Å². The molecule has 0 bridgehead atoms. The fraction of sp³-hybridized carbons (Fsp3) is 0.529. The Hall–Kier alpha value is -2.64. The number of nitro benzene ring substituents is 1. The van der Waals surface area contributed by atoms with Crippen LogP contribution >= 0.6 is 0 Å². The smallest absolute Gasteiger partial charge is 0.407 e. The molecule has 0 spiro atoms. The van der Waals surface area contributed by atoms with Crippen molar-refractivity contribution < 1.29 is 14.1 Å². The zero-order valence-electron chi connectivity index (χ0n) is 14.5. The van der Waals surface area contributed by atoms with E-state index in [4.69, 9.17) is 4.42 Å². The summed E-state index contributed by atoms with van der Waals surface area (Å²) in [6.07, 6.45) is 2.83. The number of aryl methyl sites for hydroxylation is 1. The molecular weight excluding hydrogens is 326 g/mol. The number of rotatable bonds is 9. The summed E-state index contributed by atoms with van der Waals surface area (Å²) >= 11 is 0. The van der Waals surface area contributed by atoms with Crippen molar-refractivity contribution in [1.82, 2.24) is 9.88 Å². The van der Waals surface area contributed by atoms with E-state index >= 15 is 0 Å². The maximum Gasteiger partial charge on any atom is 0.419 e. The number of hydrogen-bond donors (Lipinski definition) is 1. The van der Waals surface area contributed by atoms with Crippen molar-refractivity contribution in [2.24, 2.45) is 5.92 Å². The van der Waals surface area contributed by atoms with Gasteiger partial charge in [-0.3, -0.25) is 19.5 Å². The van der Waals surface area contributed by atoms with Crippen molar-refractivity contribution in [3.05, 3.63) is 38.9 Å². The van der Waals surface area contributed by atoms with Gasteiger partial charge in [0.1, 0.15) is 0 Å². The molecule has 8 nitrogen and oxygen atoms in total. The van der Waals surface area contributed by atoms with Gasteiger partial charge in [0.15, 0.2) is 5.58 Å². The van der Waals surface area contributed by atoms with Crippen LogP contribution in [0.15, 0.2) is 27.4 Å². The summed E-state index contributed by atoms with van der Waals surface area (Å²) in [7, 11) is 0. The van der Waals surface area contributed by atoms with Gasteiger partial charge in [0.2, 0.25) is 5.91 Å². The predicted octanol–water partition coefficient (Wildman–Crippen LogP) is 2.84. The Kier molecular flexibility index (Phi) is 6.32. The van der Waals surface area contributed by atoms with Crippen LogP contribution in [0.4, 0.5) is 5.69 Å². The second-order valence-corrected chi connectivity index (χ2v) is 6.42. The molecule has 0 aliphatic rings. The minimum atomic E-state index is -0.576. The molecular formula is C17H23N3O5. The van der Waals surface area contributed by atoms with E-state index in [1.54, 1.807) is 0 Å². The van der Waals surface area contributed by atoms with Gasteiger partial charge >= 0.3 is 5.76 Å². The number of non-ortho nitro benzene ring substituents is 1. The number of nitro groups is 1. The molecule has 136 valence electrons. The molecule has 1 heterocycles. The lowest BCUT2D eigenvalue weighted by atomic mass is 10.1. The van der Waals surface area contributed by atoms with E-state index in [0.717, 1.165) is 12.8 Å². The molecule has 8 heteroatoms. The molecule has 0 atom stereocenters. The number of hydrogen-bond acceptors (Lipinski definition) is 5. The SMILES string of the molecule is CC(C)CCCNC(=O)CCCn1c(=O)oc2cc([N+](=O)[O-])ccc21. The number of nitrogens with zero attached hydrogens (tertiary/aromatic N) is 2. The van der Waals surface area contributed by atoms with E-state index < -0.39 is 10.7 Å². The largest absolute Gasteiger partial charge is 0.419 e. The zero-order chi connectivity index (χ0) is 18.4. The van der Waals surface area contributed by atoms with Crippen LogP contribution in [-0.2, 0) is 11.3 Å². The molecule has 1 aromatic heterocycles. The molecule has 2 aromatic rings. The molecule has 0 radical (unpaired) electrons. The highest BCUT2D eigenvalue weighted by atomic mass is 16.6. The van der Waals surface area contributed by atoms with Crippen molar-refractivity contribution in [3.8, 4) is 0 Å². The fourth-order valence-electron chi connectivity index (χ4n) is 2.60. The third-order valence-corrected chi connectivity index (χ3v) is 3.93. The first-order valence-corrected chi connectivity index (χ1v) is 8.43. The van der Waals surface area contributed by atoms with Crippen molar-refractivity contribution >= 4 is 22.7 Å². The van der Waals surface area contributed by atoms with E-state index in [-0.39, 0.29) is 17.2 Å². The van der Waals surface area contributed by atoms with Crippen LogP contribution < -0.4 is 11.1 Å². The van der Waals surface area contributed by atoms with Crippen LogP contribution in [0.5, 0.6) is 0 Å². The summed E-state index contributed by atoms with van der Waals surface area (Å²) in [6, 6.07) is 4.05. The summed E-state index contributed by atoms with van der Waals surface area (Å²) in [5.41, 5.74) is 0.541. The molecule has 1 amide bonds. The van der Waals surface area contributed by atoms with E-state index in [1.165, 1.54) is 22.8 Å². The molecule has 25 heavy (non-hydrogen) atoms. The topological polar surface area (TPSA) is 107 Å². The molecule has 0 unspecified atom stereocenters. The van der Waals surface area contributed by atoms with Gasteiger partial charge in [0, 0.05) is 25.6 Å². The summed E-state index contributed by atoms with van der Waals surface area (Å²) < 4.78 is 6.45. The van der Waals surface area contributed by atoms with Gasteiger partial charge in [-0.2, -0.15) is 0 Å². The van der Waals surface area contributed by atoms with Gasteiger partial charge in [-0.15, -0.1) is 0 Å². The monoisotopic (exact) mass is 349 g/mol. The average Bonchev–Trinajstić information content (AvgIpc) is 2.86. The standard InChI is InChI=1S/C17H23N3O5/c1-12(2)5-3-9-18-16(21)6-4-10-19-14-8-7-13(20(23)24)11-15(14)25-17(19)22/h7-8,11-12H,3-6,9-10H2,1-2H3,(H,18,21). The molecule has 0 aliphatic carbocycles. The Morgan fingerprint density at radius 2 is 2.12 bits per heavy atom. The van der Waals surface area contributed by atoms with Gasteiger partial charge in [-0.1, -0.05) is 13.8 Å². The molecule has 0 fully saturated rings. The van der Waals surface area contributed by atoms with E-state index in [2.05, 4.69) is 19.2 Å². The predicted molar refractivity (Wildman–Crippen MR) is 93.4 cm³/mol. The maximum atomic E-state index is 11.9. The van der Waals surface area contributed by atoms with Gasteiger partial charge in [0.05, 0.1) is 16.5 Å². The lowest BCUT2D eigenvalue weighted by molar-refractivity contribution is -0.384. The number of aromatic nitrogens is 1. The molecule has 0 saturated heterocycles. The molecule has 2 rings (SSSR count). The van der Waals surface area contributed by atoms with Crippen molar-refractivity contribution in [3.63, 3.8) is 0 Å². The molecule has 0 saturated carbocycles.